The van der Waals surface area contributed by atoms with Crippen molar-refractivity contribution in [3.8, 4) is 0 Å². The van der Waals surface area contributed by atoms with Gasteiger partial charge in [0.2, 0.25) is 0 Å². The van der Waals surface area contributed by atoms with Crippen LogP contribution in [-0.2, 0) is 10.2 Å². The number of aromatic nitrogens is 4. The van der Waals surface area contributed by atoms with Gasteiger partial charge in [0.1, 0.15) is 0 Å². The summed E-state index contributed by atoms with van der Waals surface area (Å²) in [5.41, 5.74) is 2.51. The van der Waals surface area contributed by atoms with Crippen LogP contribution in [-0.4, -0.2) is 51.1 Å². The summed E-state index contributed by atoms with van der Waals surface area (Å²) in [4.78, 5) is 12.0. The number of aliphatic hydroxyl groups is 1. The molecule has 0 spiro atoms. The van der Waals surface area contributed by atoms with Crippen LogP contribution in [0.5, 0.6) is 0 Å². The number of hydrogen-bond acceptors (Lipinski definition) is 5. The summed E-state index contributed by atoms with van der Waals surface area (Å²) in [7, 11) is -3.68. The number of rotatable bonds is 6. The van der Waals surface area contributed by atoms with Gasteiger partial charge in [-0.2, -0.15) is 17.9 Å². The number of aromatic amines is 1. The summed E-state index contributed by atoms with van der Waals surface area (Å²) in [5.74, 6) is 0.474. The van der Waals surface area contributed by atoms with E-state index in [1.807, 2.05) is 18.5 Å². The molecule has 1 aliphatic rings. The van der Waals surface area contributed by atoms with Crippen molar-refractivity contribution in [1.82, 2.24) is 28.8 Å². The van der Waals surface area contributed by atoms with Crippen LogP contribution in [0.3, 0.4) is 0 Å². The SMILES string of the molecule is C[C@@H]1C[C@H](NS(=O)(=O)NCC(C)(C)O)C[C@@H]1c1cnc2cnc3[nH]ccc3n12. The third-order valence-electron chi connectivity index (χ3n) is 5.35. The van der Waals surface area contributed by atoms with Gasteiger partial charge in [0.15, 0.2) is 11.3 Å². The summed E-state index contributed by atoms with van der Waals surface area (Å²) >= 11 is 0. The third kappa shape index (κ3) is 3.77. The van der Waals surface area contributed by atoms with Crippen molar-refractivity contribution in [3.63, 3.8) is 0 Å². The van der Waals surface area contributed by atoms with Crippen LogP contribution >= 0.6 is 0 Å². The number of nitrogens with zero attached hydrogens (tertiary/aromatic N) is 3. The van der Waals surface area contributed by atoms with Crippen LogP contribution in [0.2, 0.25) is 0 Å². The molecule has 152 valence electrons. The molecule has 3 heterocycles. The predicted molar refractivity (Wildman–Crippen MR) is 106 cm³/mol. The largest absolute Gasteiger partial charge is 0.389 e. The molecule has 0 saturated heterocycles. The molecule has 0 aromatic carbocycles. The van der Waals surface area contributed by atoms with E-state index >= 15 is 0 Å². The molecule has 1 aliphatic carbocycles. The molecule has 1 fully saturated rings. The second-order valence-corrected chi connectivity index (χ2v) is 9.88. The Bertz CT molecular complexity index is 1100. The molecule has 3 aromatic heterocycles. The molecule has 4 rings (SSSR count). The van der Waals surface area contributed by atoms with Gasteiger partial charge in [0, 0.05) is 36.6 Å². The average molecular weight is 407 g/mol. The van der Waals surface area contributed by atoms with E-state index in [2.05, 4.69) is 35.7 Å². The fourth-order valence-corrected chi connectivity index (χ4v) is 5.30. The van der Waals surface area contributed by atoms with Crippen molar-refractivity contribution in [3.05, 3.63) is 30.4 Å². The van der Waals surface area contributed by atoms with E-state index in [0.29, 0.717) is 12.3 Å². The zero-order chi connectivity index (χ0) is 20.1. The van der Waals surface area contributed by atoms with Gasteiger partial charge in [0.25, 0.3) is 10.2 Å². The van der Waals surface area contributed by atoms with E-state index in [-0.39, 0.29) is 18.5 Å². The minimum atomic E-state index is -3.68. The molecule has 0 bridgehead atoms. The van der Waals surface area contributed by atoms with E-state index in [1.165, 1.54) is 0 Å². The Labute approximate surface area is 163 Å². The molecule has 10 heteroatoms. The molecule has 0 radical (unpaired) electrons. The highest BCUT2D eigenvalue weighted by Gasteiger charge is 2.36. The number of imidazole rings is 1. The Morgan fingerprint density at radius 1 is 1.32 bits per heavy atom. The molecule has 0 unspecified atom stereocenters. The molecule has 0 amide bonds. The monoisotopic (exact) mass is 406 g/mol. The predicted octanol–water partition coefficient (Wildman–Crippen LogP) is 1.29. The summed E-state index contributed by atoms with van der Waals surface area (Å²) in [6, 6.07) is 1.80. The van der Waals surface area contributed by atoms with E-state index in [0.717, 1.165) is 28.9 Å². The molecule has 3 aromatic rings. The Hall–Kier alpha value is -2.01. The maximum Gasteiger partial charge on any atom is 0.277 e. The van der Waals surface area contributed by atoms with E-state index < -0.39 is 15.8 Å². The third-order valence-corrected chi connectivity index (χ3v) is 6.52. The van der Waals surface area contributed by atoms with Gasteiger partial charge in [-0.05, 0) is 38.7 Å². The van der Waals surface area contributed by atoms with Gasteiger partial charge >= 0.3 is 0 Å². The number of hydrogen-bond donors (Lipinski definition) is 4. The van der Waals surface area contributed by atoms with Crippen LogP contribution in [0.1, 0.15) is 45.2 Å². The molecular formula is C18H26N6O3S. The molecule has 9 nitrogen and oxygen atoms in total. The number of H-pyrrole nitrogens is 1. The highest BCUT2D eigenvalue weighted by Crippen LogP contribution is 2.40. The highest BCUT2D eigenvalue weighted by molar-refractivity contribution is 7.87. The zero-order valence-corrected chi connectivity index (χ0v) is 17.0. The van der Waals surface area contributed by atoms with Crippen molar-refractivity contribution in [1.29, 1.82) is 0 Å². The molecule has 0 aliphatic heterocycles. The molecule has 28 heavy (non-hydrogen) atoms. The highest BCUT2D eigenvalue weighted by atomic mass is 32.2. The second-order valence-electron chi connectivity index (χ2n) is 8.35. The van der Waals surface area contributed by atoms with Gasteiger partial charge in [0.05, 0.1) is 17.3 Å². The first-order valence-electron chi connectivity index (χ1n) is 9.42. The van der Waals surface area contributed by atoms with Crippen LogP contribution in [0.25, 0.3) is 16.8 Å². The first-order valence-corrected chi connectivity index (χ1v) is 10.9. The van der Waals surface area contributed by atoms with Crippen LogP contribution in [0, 0.1) is 5.92 Å². The lowest BCUT2D eigenvalue weighted by molar-refractivity contribution is 0.0856. The van der Waals surface area contributed by atoms with Crippen molar-refractivity contribution in [2.45, 2.75) is 51.2 Å². The fourth-order valence-electron chi connectivity index (χ4n) is 4.04. The summed E-state index contributed by atoms with van der Waals surface area (Å²) < 4.78 is 31.9. The van der Waals surface area contributed by atoms with Crippen molar-refractivity contribution in [2.75, 3.05) is 6.54 Å². The van der Waals surface area contributed by atoms with E-state index in [4.69, 9.17) is 0 Å². The van der Waals surface area contributed by atoms with Gasteiger partial charge in [-0.1, -0.05) is 6.92 Å². The second kappa shape index (κ2) is 6.80. The van der Waals surface area contributed by atoms with Crippen molar-refractivity contribution >= 4 is 27.0 Å². The summed E-state index contributed by atoms with van der Waals surface area (Å²) in [5, 5.41) is 9.75. The lowest BCUT2D eigenvalue weighted by Gasteiger charge is -2.19. The van der Waals surface area contributed by atoms with E-state index in [1.54, 1.807) is 20.0 Å². The summed E-state index contributed by atoms with van der Waals surface area (Å²) in [6.07, 6.45) is 6.89. The van der Waals surface area contributed by atoms with Crippen LogP contribution in [0.15, 0.2) is 24.7 Å². The van der Waals surface area contributed by atoms with Gasteiger partial charge < -0.3 is 10.1 Å². The zero-order valence-electron chi connectivity index (χ0n) is 16.2. The quantitative estimate of drug-likeness (QED) is 0.491. The average Bonchev–Trinajstić information content (AvgIpc) is 3.29. The fraction of sp³-hybridized carbons (Fsp3) is 0.556. The molecular weight excluding hydrogens is 380 g/mol. The maximum atomic E-state index is 12.3. The first-order chi connectivity index (χ1) is 13.1. The Balaban J connectivity index is 1.55. The molecule has 3 atom stereocenters. The normalized spacial score (nSPS) is 23.8. The lowest BCUT2D eigenvalue weighted by atomic mass is 9.95. The minimum Gasteiger partial charge on any atom is -0.389 e. The lowest BCUT2D eigenvalue weighted by Crippen LogP contribution is -2.46. The number of nitrogens with one attached hydrogen (secondary N) is 3. The smallest absolute Gasteiger partial charge is 0.277 e. The van der Waals surface area contributed by atoms with Crippen molar-refractivity contribution in [2.24, 2.45) is 5.92 Å². The Morgan fingerprint density at radius 2 is 2.11 bits per heavy atom. The topological polar surface area (TPSA) is 124 Å². The van der Waals surface area contributed by atoms with Gasteiger partial charge in [-0.15, -0.1) is 0 Å². The Kier molecular flexibility index (Phi) is 4.69. The number of fused-ring (bicyclic) bond motifs is 3. The van der Waals surface area contributed by atoms with Crippen LogP contribution in [0.4, 0.5) is 0 Å². The minimum absolute atomic E-state index is 0.0419. The van der Waals surface area contributed by atoms with E-state index in [9.17, 15) is 13.5 Å². The van der Waals surface area contributed by atoms with Crippen molar-refractivity contribution < 1.29 is 13.5 Å². The van der Waals surface area contributed by atoms with Gasteiger partial charge in [-0.3, -0.25) is 4.40 Å². The molecule has 1 saturated carbocycles. The summed E-state index contributed by atoms with van der Waals surface area (Å²) in [6.45, 7) is 5.22. The standard InChI is InChI=1S/C18H26N6O3S/c1-11-6-12(23-28(26,27)22-10-18(2,3)25)7-13(11)15-8-20-16-9-21-17-14(24(15)16)4-5-19-17/h4-5,8-9,11-13,19,22-23,25H,6-7,10H2,1-3H3/t11-,12+,13+/m1/s1. The maximum absolute atomic E-state index is 12.3. The first kappa shape index (κ1) is 19.3. The van der Waals surface area contributed by atoms with Gasteiger partial charge in [-0.25, -0.2) is 9.97 Å². The Morgan fingerprint density at radius 3 is 2.86 bits per heavy atom. The molecule has 4 N–H and O–H groups in total. The van der Waals surface area contributed by atoms with Crippen LogP contribution < -0.4 is 9.44 Å².